The van der Waals surface area contributed by atoms with Gasteiger partial charge in [-0.3, -0.25) is 9.59 Å². The van der Waals surface area contributed by atoms with Gasteiger partial charge < -0.3 is 24.4 Å². The predicted molar refractivity (Wildman–Crippen MR) is 132 cm³/mol. The van der Waals surface area contributed by atoms with Crippen LogP contribution < -0.4 is 19.5 Å². The van der Waals surface area contributed by atoms with Crippen LogP contribution >= 0.6 is 0 Å². The molecule has 1 heterocycles. The summed E-state index contributed by atoms with van der Waals surface area (Å²) in [4.78, 5) is 27.3. The van der Waals surface area contributed by atoms with E-state index in [0.29, 0.717) is 31.4 Å². The minimum Gasteiger partial charge on any atom is -0.497 e. The Kier molecular flexibility index (Phi) is 6.96. The number of likely N-dealkylation sites (tertiary alicyclic amines) is 1. The Balaban J connectivity index is 1.12. The van der Waals surface area contributed by atoms with Crippen molar-refractivity contribution in [1.82, 2.24) is 10.2 Å². The van der Waals surface area contributed by atoms with Crippen LogP contribution in [0.15, 0.2) is 30.3 Å². The van der Waals surface area contributed by atoms with Crippen LogP contribution in [0.4, 0.5) is 8.78 Å². The molecule has 2 saturated carbocycles. The lowest BCUT2D eigenvalue weighted by Crippen LogP contribution is -2.60. The van der Waals surface area contributed by atoms with Gasteiger partial charge in [0, 0.05) is 36.2 Å². The first-order valence-corrected chi connectivity index (χ1v) is 12.7. The smallest absolute Gasteiger partial charge is 0.257 e. The van der Waals surface area contributed by atoms with Gasteiger partial charge in [0.15, 0.2) is 23.1 Å². The van der Waals surface area contributed by atoms with Crippen molar-refractivity contribution >= 4 is 11.8 Å². The largest absolute Gasteiger partial charge is 0.497 e. The Bertz CT molecular complexity index is 1180. The molecule has 1 spiro atoms. The molecule has 0 atom stereocenters. The van der Waals surface area contributed by atoms with Gasteiger partial charge in [-0.25, -0.2) is 8.78 Å². The molecule has 2 aromatic rings. The maximum atomic E-state index is 14.7. The third-order valence-electron chi connectivity index (χ3n) is 7.79. The lowest BCUT2D eigenvalue weighted by atomic mass is 9.67. The number of halogens is 2. The van der Waals surface area contributed by atoms with Gasteiger partial charge in [-0.15, -0.1) is 0 Å². The normalized spacial score (nSPS) is 18.8. The second-order valence-electron chi connectivity index (χ2n) is 10.5. The second kappa shape index (κ2) is 10.2. The van der Waals surface area contributed by atoms with Crippen molar-refractivity contribution in [3.05, 3.63) is 53.1 Å². The molecule has 3 fully saturated rings. The van der Waals surface area contributed by atoms with Crippen molar-refractivity contribution in [2.75, 3.05) is 33.9 Å². The molecule has 9 heteroatoms. The summed E-state index contributed by atoms with van der Waals surface area (Å²) in [5.74, 6) is -0.893. The van der Waals surface area contributed by atoms with E-state index < -0.39 is 11.6 Å². The molecule has 2 amide bonds. The number of nitrogens with zero attached hydrogens (tertiary/aromatic N) is 1. The van der Waals surface area contributed by atoms with E-state index >= 15 is 0 Å². The molecule has 3 aliphatic rings. The number of hydrogen-bond donors (Lipinski definition) is 1. The minimum absolute atomic E-state index is 0.0168. The molecule has 198 valence electrons. The Labute approximate surface area is 215 Å². The van der Waals surface area contributed by atoms with Crippen molar-refractivity contribution in [2.24, 2.45) is 11.3 Å². The molecule has 1 N–H and O–H groups in total. The highest BCUT2D eigenvalue weighted by molar-refractivity contribution is 5.96. The van der Waals surface area contributed by atoms with E-state index in [1.54, 1.807) is 11.0 Å². The number of methoxy groups -OCH3 is 2. The first-order chi connectivity index (χ1) is 17.8. The van der Waals surface area contributed by atoms with Crippen molar-refractivity contribution in [1.29, 1.82) is 0 Å². The first-order valence-electron chi connectivity index (χ1n) is 12.7. The Morgan fingerprint density at radius 2 is 1.73 bits per heavy atom. The van der Waals surface area contributed by atoms with Crippen LogP contribution in [0.2, 0.25) is 0 Å². The van der Waals surface area contributed by atoms with Crippen LogP contribution in [0, 0.1) is 23.0 Å². The Morgan fingerprint density at radius 1 is 1.00 bits per heavy atom. The van der Waals surface area contributed by atoms with Crippen LogP contribution in [0.25, 0.3) is 0 Å². The van der Waals surface area contributed by atoms with Crippen LogP contribution in [0.5, 0.6) is 17.2 Å². The Hall–Kier alpha value is -3.36. The molecule has 0 bridgehead atoms. The monoisotopic (exact) mass is 514 g/mol. The molecule has 37 heavy (non-hydrogen) atoms. The van der Waals surface area contributed by atoms with E-state index in [1.165, 1.54) is 38.5 Å². The van der Waals surface area contributed by atoms with E-state index in [1.807, 2.05) is 0 Å². The molecular weight excluding hydrogens is 482 g/mol. The highest BCUT2D eigenvalue weighted by Gasteiger charge is 2.47. The van der Waals surface area contributed by atoms with Gasteiger partial charge in [0.25, 0.3) is 11.8 Å². The SMILES string of the molecule is COc1cc(OC)c(F)c(C(=O)N2CC3(CCC(NC(=O)c4ccc(OCC5CC5)c(F)c4)CC3)C2)c1. The number of benzene rings is 2. The summed E-state index contributed by atoms with van der Waals surface area (Å²) < 4.78 is 44.8. The van der Waals surface area contributed by atoms with Gasteiger partial charge in [0.05, 0.1) is 26.4 Å². The van der Waals surface area contributed by atoms with Crippen LogP contribution in [0.3, 0.4) is 0 Å². The number of carbonyl (C=O) groups is 2. The zero-order valence-electron chi connectivity index (χ0n) is 21.1. The van der Waals surface area contributed by atoms with E-state index in [-0.39, 0.29) is 45.9 Å². The summed E-state index contributed by atoms with van der Waals surface area (Å²) in [6.07, 6.45) is 5.45. The summed E-state index contributed by atoms with van der Waals surface area (Å²) in [6.45, 7) is 1.59. The lowest BCUT2D eigenvalue weighted by Gasteiger charge is -2.53. The summed E-state index contributed by atoms with van der Waals surface area (Å²) in [5.41, 5.74) is 0.180. The van der Waals surface area contributed by atoms with E-state index in [2.05, 4.69) is 5.32 Å². The highest BCUT2D eigenvalue weighted by Crippen LogP contribution is 2.45. The predicted octanol–water partition coefficient (Wildman–Crippen LogP) is 4.59. The van der Waals surface area contributed by atoms with Crippen molar-refractivity contribution in [3.63, 3.8) is 0 Å². The minimum atomic E-state index is -0.695. The molecule has 2 aromatic carbocycles. The molecule has 0 radical (unpaired) electrons. The zero-order chi connectivity index (χ0) is 26.2. The fourth-order valence-corrected chi connectivity index (χ4v) is 5.28. The molecule has 5 rings (SSSR count). The van der Waals surface area contributed by atoms with Crippen molar-refractivity contribution in [2.45, 2.75) is 44.6 Å². The first kappa shape index (κ1) is 25.3. The molecule has 7 nitrogen and oxygen atoms in total. The van der Waals surface area contributed by atoms with Crippen LogP contribution in [-0.4, -0.2) is 56.7 Å². The number of amides is 2. The highest BCUT2D eigenvalue weighted by atomic mass is 19.1. The summed E-state index contributed by atoms with van der Waals surface area (Å²) in [6, 6.07) is 7.12. The average molecular weight is 515 g/mol. The molecule has 1 saturated heterocycles. The van der Waals surface area contributed by atoms with Crippen LogP contribution in [0.1, 0.15) is 59.2 Å². The molecule has 2 aliphatic carbocycles. The third-order valence-corrected chi connectivity index (χ3v) is 7.79. The maximum absolute atomic E-state index is 14.7. The number of ether oxygens (including phenoxy) is 3. The number of rotatable bonds is 8. The molecule has 1 aliphatic heterocycles. The maximum Gasteiger partial charge on any atom is 0.257 e. The third kappa shape index (κ3) is 5.36. The lowest BCUT2D eigenvalue weighted by molar-refractivity contribution is -0.0201. The molecule has 0 unspecified atom stereocenters. The molecule has 0 aromatic heterocycles. The van der Waals surface area contributed by atoms with E-state index in [9.17, 15) is 18.4 Å². The van der Waals surface area contributed by atoms with E-state index in [4.69, 9.17) is 14.2 Å². The topological polar surface area (TPSA) is 77.1 Å². The van der Waals surface area contributed by atoms with Gasteiger partial charge in [-0.05, 0) is 68.7 Å². The Morgan fingerprint density at radius 3 is 2.35 bits per heavy atom. The van der Waals surface area contributed by atoms with Gasteiger partial charge >= 0.3 is 0 Å². The van der Waals surface area contributed by atoms with Crippen molar-refractivity contribution in [3.8, 4) is 17.2 Å². The van der Waals surface area contributed by atoms with Gasteiger partial charge in [-0.1, -0.05) is 0 Å². The van der Waals surface area contributed by atoms with Gasteiger partial charge in [0.2, 0.25) is 0 Å². The number of nitrogens with one attached hydrogen (secondary N) is 1. The average Bonchev–Trinajstić information content (AvgIpc) is 3.71. The van der Waals surface area contributed by atoms with E-state index in [0.717, 1.165) is 38.5 Å². The summed E-state index contributed by atoms with van der Waals surface area (Å²) in [7, 11) is 2.80. The second-order valence-corrected chi connectivity index (χ2v) is 10.5. The molecular formula is C28H32F2N2O5. The summed E-state index contributed by atoms with van der Waals surface area (Å²) >= 11 is 0. The number of carbonyl (C=O) groups excluding carboxylic acids is 2. The zero-order valence-corrected chi connectivity index (χ0v) is 21.1. The standard InChI is InChI=1S/C28H32F2N2O5/c1-35-20-12-21(25(30)24(13-20)36-2)27(34)32-15-28(16-32)9-7-19(8-10-28)31-26(33)18-5-6-23(22(29)11-18)37-14-17-3-4-17/h5-6,11-13,17,19H,3-4,7-10,14-16H2,1-2H3,(H,31,33). The number of hydrogen-bond acceptors (Lipinski definition) is 5. The van der Waals surface area contributed by atoms with Gasteiger partial charge in [0.1, 0.15) is 5.75 Å². The quantitative estimate of drug-likeness (QED) is 0.558. The van der Waals surface area contributed by atoms with Crippen LogP contribution in [-0.2, 0) is 0 Å². The van der Waals surface area contributed by atoms with Gasteiger partial charge in [-0.2, -0.15) is 0 Å². The van der Waals surface area contributed by atoms with Crippen molar-refractivity contribution < 1.29 is 32.6 Å². The fourth-order valence-electron chi connectivity index (χ4n) is 5.28. The fraction of sp³-hybridized carbons (Fsp3) is 0.500. The summed E-state index contributed by atoms with van der Waals surface area (Å²) in [5, 5.41) is 3.02.